The van der Waals surface area contributed by atoms with Crippen LogP contribution in [0.4, 0.5) is 0 Å². The van der Waals surface area contributed by atoms with Crippen molar-refractivity contribution >= 4 is 22.8 Å². The zero-order valence-electron chi connectivity index (χ0n) is 12.9. The maximum Gasteiger partial charge on any atom is 0.333 e. The van der Waals surface area contributed by atoms with Gasteiger partial charge in [-0.25, -0.2) is 9.78 Å². The number of nitrogens with zero attached hydrogens (tertiary/aromatic N) is 3. The maximum atomic E-state index is 12.6. The van der Waals surface area contributed by atoms with Gasteiger partial charge in [-0.05, 0) is 25.0 Å². The maximum absolute atomic E-state index is 12.6. The summed E-state index contributed by atoms with van der Waals surface area (Å²) in [5.41, 5.74) is 0.914. The molecule has 0 unspecified atom stereocenters. The van der Waals surface area contributed by atoms with Crippen molar-refractivity contribution in [3.05, 3.63) is 35.8 Å². The molecule has 1 amide bonds. The Hall–Kier alpha value is -2.74. The number of carbonyl (C=O) groups excluding carboxylic acids is 1. The average Bonchev–Trinajstić information content (AvgIpc) is 3.21. The number of carboxylic acid groups (broad SMARTS) is 1. The van der Waals surface area contributed by atoms with Gasteiger partial charge in [0.2, 0.25) is 0 Å². The highest BCUT2D eigenvalue weighted by molar-refractivity contribution is 5.95. The monoisotopic (exact) mass is 328 g/mol. The van der Waals surface area contributed by atoms with Crippen molar-refractivity contribution in [1.29, 1.82) is 0 Å². The molecule has 8 nitrogen and oxygen atoms in total. The summed E-state index contributed by atoms with van der Waals surface area (Å²) >= 11 is 0. The molecule has 0 saturated carbocycles. The van der Waals surface area contributed by atoms with Crippen LogP contribution < -0.4 is 0 Å². The quantitative estimate of drug-likeness (QED) is 0.850. The number of pyridine rings is 1. The zero-order chi connectivity index (χ0) is 16.7. The fourth-order valence-corrected chi connectivity index (χ4v) is 3.24. The topological polar surface area (TPSA) is 108 Å². The van der Waals surface area contributed by atoms with Crippen LogP contribution in [0.5, 0.6) is 0 Å². The molecule has 0 aromatic carbocycles. The molecule has 0 bridgehead atoms. The molecule has 2 N–H and O–H groups in total. The van der Waals surface area contributed by atoms with E-state index in [0.717, 1.165) is 10.9 Å². The Kier molecular flexibility index (Phi) is 3.34. The molecule has 2 aliphatic heterocycles. The van der Waals surface area contributed by atoms with Gasteiger partial charge in [0.05, 0.1) is 35.7 Å². The molecule has 0 radical (unpaired) electrons. The third-order valence-electron chi connectivity index (χ3n) is 4.67. The third kappa shape index (κ3) is 2.44. The number of likely N-dealkylation sites (tertiary alicyclic amines) is 1. The summed E-state index contributed by atoms with van der Waals surface area (Å²) in [5.74, 6) is -1.07. The van der Waals surface area contributed by atoms with Crippen LogP contribution in [0.1, 0.15) is 23.3 Å². The van der Waals surface area contributed by atoms with E-state index >= 15 is 0 Å². The Labute approximate surface area is 137 Å². The van der Waals surface area contributed by atoms with Crippen molar-refractivity contribution < 1.29 is 19.4 Å². The van der Waals surface area contributed by atoms with Crippen LogP contribution in [0, 0.1) is 0 Å². The first kappa shape index (κ1) is 14.8. The second kappa shape index (κ2) is 5.41. The minimum Gasteiger partial charge on any atom is -0.478 e. The number of nitrogens with one attached hydrogen (secondary N) is 1. The lowest BCUT2D eigenvalue weighted by Crippen LogP contribution is -2.46. The largest absolute Gasteiger partial charge is 0.478 e. The minimum atomic E-state index is -0.942. The zero-order valence-corrected chi connectivity index (χ0v) is 12.9. The van der Waals surface area contributed by atoms with Crippen LogP contribution in [0.2, 0.25) is 0 Å². The Morgan fingerprint density at radius 1 is 1.29 bits per heavy atom. The van der Waals surface area contributed by atoms with Gasteiger partial charge in [0.1, 0.15) is 5.69 Å². The third-order valence-corrected chi connectivity index (χ3v) is 4.67. The minimum absolute atomic E-state index is 0.127. The van der Waals surface area contributed by atoms with E-state index in [-0.39, 0.29) is 12.5 Å². The molecule has 4 heterocycles. The molecule has 124 valence electrons. The molecule has 4 rings (SSSR count). The molecule has 2 aromatic heterocycles. The first-order chi connectivity index (χ1) is 11.6. The number of carbonyl (C=O) groups is 2. The van der Waals surface area contributed by atoms with Crippen LogP contribution in [-0.2, 0) is 9.53 Å². The highest BCUT2D eigenvalue weighted by Crippen LogP contribution is 2.34. The molecule has 24 heavy (non-hydrogen) atoms. The van der Waals surface area contributed by atoms with Crippen molar-refractivity contribution in [2.75, 3.05) is 19.7 Å². The van der Waals surface area contributed by atoms with Gasteiger partial charge in [0.25, 0.3) is 5.91 Å². The van der Waals surface area contributed by atoms with Gasteiger partial charge in [0.15, 0.2) is 0 Å². The van der Waals surface area contributed by atoms with Crippen LogP contribution >= 0.6 is 0 Å². The molecule has 2 aromatic rings. The first-order valence-electron chi connectivity index (χ1n) is 7.74. The van der Waals surface area contributed by atoms with E-state index in [1.807, 2.05) is 0 Å². The normalized spacial score (nSPS) is 19.7. The van der Waals surface area contributed by atoms with Gasteiger partial charge in [0, 0.05) is 18.5 Å². The van der Waals surface area contributed by atoms with E-state index in [1.165, 1.54) is 0 Å². The number of fused-ring (bicyclic) bond motifs is 1. The SMILES string of the molecule is O=C(O)C1=CC2(CCN(C(=O)c3cc4cn[nH]c4cn3)CC2)OC1. The predicted molar refractivity (Wildman–Crippen MR) is 83.4 cm³/mol. The molecule has 2 aliphatic rings. The van der Waals surface area contributed by atoms with E-state index in [2.05, 4.69) is 15.2 Å². The standard InChI is InChI=1S/C16H16N4O4/c21-14(12-5-10-7-18-19-13(10)8-17-12)20-3-1-16(2-4-20)6-11(9-24-16)15(22)23/h5-8H,1-4,9H2,(H,18,19)(H,22,23). The number of amides is 1. The van der Waals surface area contributed by atoms with Gasteiger partial charge in [-0.15, -0.1) is 0 Å². The number of rotatable bonds is 2. The summed E-state index contributed by atoms with van der Waals surface area (Å²) in [6, 6.07) is 1.72. The molecule has 1 fully saturated rings. The summed E-state index contributed by atoms with van der Waals surface area (Å²) in [6.45, 7) is 1.14. The Morgan fingerprint density at radius 2 is 2.08 bits per heavy atom. The van der Waals surface area contributed by atoms with Gasteiger partial charge >= 0.3 is 5.97 Å². The van der Waals surface area contributed by atoms with Crippen molar-refractivity contribution in [3.63, 3.8) is 0 Å². The molecule has 0 atom stereocenters. The molecular weight excluding hydrogens is 312 g/mol. The molecular formula is C16H16N4O4. The first-order valence-corrected chi connectivity index (χ1v) is 7.74. The molecule has 0 aliphatic carbocycles. The predicted octanol–water partition coefficient (Wildman–Crippen LogP) is 0.974. The summed E-state index contributed by atoms with van der Waals surface area (Å²) in [5, 5.41) is 16.6. The van der Waals surface area contributed by atoms with Gasteiger partial charge in [-0.3, -0.25) is 9.89 Å². The van der Waals surface area contributed by atoms with Gasteiger partial charge in [-0.2, -0.15) is 5.10 Å². The second-order valence-corrected chi connectivity index (χ2v) is 6.15. The van der Waals surface area contributed by atoms with Crippen molar-refractivity contribution in [3.8, 4) is 0 Å². The smallest absolute Gasteiger partial charge is 0.333 e. The molecule has 1 saturated heterocycles. The van der Waals surface area contributed by atoms with E-state index in [4.69, 9.17) is 9.84 Å². The second-order valence-electron chi connectivity index (χ2n) is 6.15. The van der Waals surface area contributed by atoms with Gasteiger partial charge < -0.3 is 14.7 Å². The number of ether oxygens (including phenoxy) is 1. The summed E-state index contributed by atoms with van der Waals surface area (Å²) in [6.07, 6.45) is 6.13. The average molecular weight is 328 g/mol. The Balaban J connectivity index is 1.47. The molecule has 8 heteroatoms. The number of hydrogen-bond donors (Lipinski definition) is 2. The number of aromatic amines is 1. The lowest BCUT2D eigenvalue weighted by molar-refractivity contribution is -0.133. The lowest BCUT2D eigenvalue weighted by Gasteiger charge is -2.37. The fraction of sp³-hybridized carbons (Fsp3) is 0.375. The van der Waals surface area contributed by atoms with Crippen LogP contribution in [0.3, 0.4) is 0 Å². The van der Waals surface area contributed by atoms with Crippen LogP contribution in [0.25, 0.3) is 10.9 Å². The lowest BCUT2D eigenvalue weighted by atomic mass is 9.90. The highest BCUT2D eigenvalue weighted by Gasteiger charge is 2.40. The Bertz CT molecular complexity index is 849. The number of aliphatic carboxylic acids is 1. The van der Waals surface area contributed by atoms with E-state index in [1.54, 1.807) is 29.4 Å². The summed E-state index contributed by atoms with van der Waals surface area (Å²) in [4.78, 5) is 29.6. The summed E-state index contributed by atoms with van der Waals surface area (Å²) in [7, 11) is 0. The number of aromatic nitrogens is 3. The number of H-pyrrole nitrogens is 1. The van der Waals surface area contributed by atoms with Gasteiger partial charge in [-0.1, -0.05) is 0 Å². The van der Waals surface area contributed by atoms with Crippen LogP contribution in [-0.4, -0.2) is 62.4 Å². The van der Waals surface area contributed by atoms with E-state index in [9.17, 15) is 9.59 Å². The number of hydrogen-bond acceptors (Lipinski definition) is 5. The van der Waals surface area contributed by atoms with E-state index < -0.39 is 11.6 Å². The van der Waals surface area contributed by atoms with E-state index in [0.29, 0.717) is 37.2 Å². The van der Waals surface area contributed by atoms with Crippen molar-refractivity contribution in [2.45, 2.75) is 18.4 Å². The number of carboxylic acids is 1. The van der Waals surface area contributed by atoms with Crippen molar-refractivity contribution in [2.24, 2.45) is 0 Å². The summed E-state index contributed by atoms with van der Waals surface area (Å²) < 4.78 is 5.70. The Morgan fingerprint density at radius 3 is 2.79 bits per heavy atom. The highest BCUT2D eigenvalue weighted by atomic mass is 16.5. The number of piperidine rings is 1. The fourth-order valence-electron chi connectivity index (χ4n) is 3.24. The van der Waals surface area contributed by atoms with Crippen LogP contribution in [0.15, 0.2) is 30.1 Å². The molecule has 1 spiro atoms. The van der Waals surface area contributed by atoms with Crippen molar-refractivity contribution in [1.82, 2.24) is 20.1 Å².